The van der Waals surface area contributed by atoms with Gasteiger partial charge in [-0.2, -0.15) is 13.2 Å². The largest absolute Gasteiger partial charge is 0.495 e. The molecule has 1 aromatic rings. The summed E-state index contributed by atoms with van der Waals surface area (Å²) in [6, 6.07) is 1.58. The van der Waals surface area contributed by atoms with Gasteiger partial charge < -0.3 is 20.5 Å². The molecule has 0 saturated carbocycles. The molecule has 1 saturated heterocycles. The normalized spacial score (nSPS) is 18.9. The highest BCUT2D eigenvalue weighted by Crippen LogP contribution is 2.27. The van der Waals surface area contributed by atoms with E-state index in [1.54, 1.807) is 6.07 Å². The first-order chi connectivity index (χ1) is 11.9. The molecule has 0 aliphatic carbocycles. The molecule has 1 atom stereocenters. The number of carbonyl (C=O) groups excluding carboxylic acids is 1. The molecule has 0 radical (unpaired) electrons. The van der Waals surface area contributed by atoms with Gasteiger partial charge in [0.15, 0.2) is 0 Å². The number of aromatic nitrogens is 1. The number of carboxylic acid groups (broad SMARTS) is 1. The van der Waals surface area contributed by atoms with Crippen LogP contribution in [0.3, 0.4) is 0 Å². The zero-order chi connectivity index (χ0) is 20.0. The summed E-state index contributed by atoms with van der Waals surface area (Å²) in [4.78, 5) is 24.7. The van der Waals surface area contributed by atoms with Crippen LogP contribution in [0.25, 0.3) is 0 Å². The maximum Gasteiger partial charge on any atom is 0.490 e. The lowest BCUT2D eigenvalue weighted by atomic mass is 9.96. The third-order valence-corrected chi connectivity index (χ3v) is 3.15. The molecule has 0 aromatic carbocycles. The number of halogens is 5. The fourth-order valence-corrected chi connectivity index (χ4v) is 1.96. The van der Waals surface area contributed by atoms with Crippen LogP contribution < -0.4 is 15.4 Å². The van der Waals surface area contributed by atoms with Crippen LogP contribution in [0.2, 0.25) is 0 Å². The first kappa shape index (κ1) is 21.5. The van der Waals surface area contributed by atoms with Crippen molar-refractivity contribution in [1.82, 2.24) is 10.3 Å². The molecule has 1 aliphatic rings. The maximum atomic E-state index is 13.2. The molecule has 146 valence electrons. The van der Waals surface area contributed by atoms with Gasteiger partial charge in [0.05, 0.1) is 37.7 Å². The molecule has 1 fully saturated rings. The Hall–Kier alpha value is -2.50. The van der Waals surface area contributed by atoms with Gasteiger partial charge in [-0.3, -0.25) is 9.78 Å². The second-order valence-corrected chi connectivity index (χ2v) is 5.29. The van der Waals surface area contributed by atoms with E-state index in [-0.39, 0.29) is 13.1 Å². The number of rotatable bonds is 3. The van der Waals surface area contributed by atoms with E-state index >= 15 is 0 Å². The Morgan fingerprint density at radius 1 is 1.38 bits per heavy atom. The summed E-state index contributed by atoms with van der Waals surface area (Å²) in [7, 11) is 1.48. The minimum atomic E-state index is -5.08. The average molecular weight is 385 g/mol. The second kappa shape index (κ2) is 8.74. The van der Waals surface area contributed by atoms with E-state index in [0.29, 0.717) is 11.4 Å². The molecule has 12 heteroatoms. The lowest BCUT2D eigenvalue weighted by molar-refractivity contribution is -0.192. The van der Waals surface area contributed by atoms with E-state index in [2.05, 4.69) is 15.6 Å². The fraction of sp³-hybridized carbons (Fsp3) is 0.500. The van der Waals surface area contributed by atoms with Crippen LogP contribution in [-0.4, -0.2) is 54.3 Å². The van der Waals surface area contributed by atoms with Gasteiger partial charge in [-0.25, -0.2) is 13.6 Å². The van der Waals surface area contributed by atoms with Crippen LogP contribution in [0.4, 0.5) is 27.6 Å². The molecule has 0 bridgehead atoms. The number of anilines is 1. The first-order valence-electron chi connectivity index (χ1n) is 7.13. The number of alkyl halides is 5. The summed E-state index contributed by atoms with van der Waals surface area (Å²) in [5.41, 5.74) is 0.429. The molecule has 1 amide bonds. The molecule has 0 spiro atoms. The summed E-state index contributed by atoms with van der Waals surface area (Å²) in [6.07, 6.45) is -2.59. The monoisotopic (exact) mass is 385 g/mol. The van der Waals surface area contributed by atoms with E-state index in [1.807, 2.05) is 0 Å². The summed E-state index contributed by atoms with van der Waals surface area (Å²) >= 11 is 0. The third kappa shape index (κ3) is 7.17. The predicted octanol–water partition coefficient (Wildman–Crippen LogP) is 1.91. The highest BCUT2D eigenvalue weighted by molar-refractivity contribution is 5.92. The summed E-state index contributed by atoms with van der Waals surface area (Å²) in [6.45, 7) is -0.129. The number of carboxylic acids is 1. The Morgan fingerprint density at radius 3 is 2.50 bits per heavy atom. The van der Waals surface area contributed by atoms with Crippen molar-refractivity contribution in [2.45, 2.75) is 18.5 Å². The van der Waals surface area contributed by atoms with Crippen molar-refractivity contribution < 1.29 is 41.4 Å². The SMILES string of the molecule is COc1cncc(NC(=O)C2CNCC(F)(F)C2)c1.O=C(O)C(F)(F)F. The standard InChI is InChI=1S/C12H15F2N3O2.C2HF3O2/c1-19-10-2-9(5-15-6-10)17-11(18)8-3-12(13,14)7-16-4-8;3-2(4,5)1(6)7/h2,5-6,8,16H,3-4,7H2,1H3,(H,17,18);(H,6,7). The second-order valence-electron chi connectivity index (χ2n) is 5.29. The number of aliphatic carboxylic acids is 1. The molecular weight excluding hydrogens is 369 g/mol. The Bertz CT molecular complexity index is 639. The minimum absolute atomic E-state index is 0.249. The Morgan fingerprint density at radius 2 is 2.00 bits per heavy atom. The van der Waals surface area contributed by atoms with Crippen LogP contribution >= 0.6 is 0 Å². The van der Waals surface area contributed by atoms with E-state index in [0.717, 1.165) is 0 Å². The number of carbonyl (C=O) groups is 2. The van der Waals surface area contributed by atoms with Gasteiger partial charge in [0.1, 0.15) is 5.75 Å². The van der Waals surface area contributed by atoms with Crippen molar-refractivity contribution in [3.05, 3.63) is 18.5 Å². The van der Waals surface area contributed by atoms with Gasteiger partial charge in [-0.1, -0.05) is 0 Å². The first-order valence-corrected chi connectivity index (χ1v) is 7.13. The smallest absolute Gasteiger partial charge is 0.490 e. The number of hydrogen-bond donors (Lipinski definition) is 3. The Kier molecular flexibility index (Phi) is 7.24. The number of methoxy groups -OCH3 is 1. The number of ether oxygens (including phenoxy) is 1. The zero-order valence-corrected chi connectivity index (χ0v) is 13.4. The number of nitrogens with zero attached hydrogens (tertiary/aromatic N) is 1. The van der Waals surface area contributed by atoms with Crippen molar-refractivity contribution in [1.29, 1.82) is 0 Å². The fourth-order valence-electron chi connectivity index (χ4n) is 1.96. The lowest BCUT2D eigenvalue weighted by Gasteiger charge is -2.28. The van der Waals surface area contributed by atoms with Gasteiger partial charge in [0.25, 0.3) is 5.92 Å². The van der Waals surface area contributed by atoms with Crippen molar-refractivity contribution in [2.24, 2.45) is 5.92 Å². The van der Waals surface area contributed by atoms with Crippen molar-refractivity contribution in [3.63, 3.8) is 0 Å². The number of piperidine rings is 1. The molecule has 2 heterocycles. The minimum Gasteiger partial charge on any atom is -0.495 e. The highest BCUT2D eigenvalue weighted by Gasteiger charge is 2.39. The number of pyridine rings is 1. The molecule has 7 nitrogen and oxygen atoms in total. The third-order valence-electron chi connectivity index (χ3n) is 3.15. The maximum absolute atomic E-state index is 13.2. The zero-order valence-electron chi connectivity index (χ0n) is 13.4. The Balaban J connectivity index is 0.000000412. The summed E-state index contributed by atoms with van der Waals surface area (Å²) in [5.74, 6) is -6.30. The molecule has 26 heavy (non-hydrogen) atoms. The summed E-state index contributed by atoms with van der Waals surface area (Å²) in [5, 5.41) is 12.3. The van der Waals surface area contributed by atoms with E-state index in [9.17, 15) is 26.7 Å². The van der Waals surface area contributed by atoms with Crippen molar-refractivity contribution in [2.75, 3.05) is 25.5 Å². The molecule has 3 N–H and O–H groups in total. The van der Waals surface area contributed by atoms with Gasteiger partial charge in [0, 0.05) is 19.0 Å². The quantitative estimate of drug-likeness (QED) is 0.688. The van der Waals surface area contributed by atoms with Crippen molar-refractivity contribution in [3.8, 4) is 5.75 Å². The topological polar surface area (TPSA) is 101 Å². The van der Waals surface area contributed by atoms with Crippen LogP contribution in [0.5, 0.6) is 5.75 Å². The molecule has 1 aliphatic heterocycles. The van der Waals surface area contributed by atoms with E-state index in [4.69, 9.17) is 14.6 Å². The molecule has 1 aromatic heterocycles. The van der Waals surface area contributed by atoms with Gasteiger partial charge in [-0.05, 0) is 0 Å². The average Bonchev–Trinajstić information content (AvgIpc) is 2.53. The van der Waals surface area contributed by atoms with Gasteiger partial charge in [0.2, 0.25) is 5.91 Å². The van der Waals surface area contributed by atoms with E-state index < -0.39 is 36.3 Å². The van der Waals surface area contributed by atoms with Gasteiger partial charge in [-0.15, -0.1) is 0 Å². The number of hydrogen-bond acceptors (Lipinski definition) is 5. The van der Waals surface area contributed by atoms with Crippen LogP contribution in [0.1, 0.15) is 6.42 Å². The van der Waals surface area contributed by atoms with Gasteiger partial charge >= 0.3 is 12.1 Å². The highest BCUT2D eigenvalue weighted by atomic mass is 19.4. The number of amides is 1. The molecular formula is C14H16F5N3O4. The van der Waals surface area contributed by atoms with Crippen molar-refractivity contribution >= 4 is 17.6 Å². The Labute approximate surface area is 144 Å². The van der Waals surface area contributed by atoms with E-state index in [1.165, 1.54) is 19.5 Å². The molecule has 1 unspecified atom stereocenters. The van der Waals surface area contributed by atoms with Crippen LogP contribution in [-0.2, 0) is 9.59 Å². The van der Waals surface area contributed by atoms with Crippen LogP contribution in [0, 0.1) is 5.92 Å². The summed E-state index contributed by atoms with van der Waals surface area (Å²) < 4.78 is 63.1. The lowest BCUT2D eigenvalue weighted by Crippen LogP contribution is -2.47. The predicted molar refractivity (Wildman–Crippen MR) is 79.0 cm³/mol. The van der Waals surface area contributed by atoms with Crippen LogP contribution in [0.15, 0.2) is 18.5 Å². The molecule has 2 rings (SSSR count). The number of nitrogens with one attached hydrogen (secondary N) is 2.